The van der Waals surface area contributed by atoms with Crippen LogP contribution in [0.5, 0.6) is 0 Å². The number of carbonyl (C=O) groups excluding carboxylic acids is 1. The van der Waals surface area contributed by atoms with E-state index in [0.717, 1.165) is 6.26 Å². The summed E-state index contributed by atoms with van der Waals surface area (Å²) >= 11 is 0. The van der Waals surface area contributed by atoms with E-state index in [1.165, 1.54) is 6.92 Å². The van der Waals surface area contributed by atoms with Gasteiger partial charge in [0.2, 0.25) is 0 Å². The molecule has 0 atom stereocenters. The number of ether oxygens (including phenoxy) is 1. The summed E-state index contributed by atoms with van der Waals surface area (Å²) in [4.78, 5) is 10.7. The second-order valence-corrected chi connectivity index (χ2v) is 5.41. The molecule has 1 rings (SSSR count). The van der Waals surface area contributed by atoms with E-state index in [9.17, 15) is 13.2 Å². The van der Waals surface area contributed by atoms with Crippen LogP contribution >= 0.6 is 0 Å². The number of rotatable bonds is 3. The molecule has 1 fully saturated rings. The van der Waals surface area contributed by atoms with Gasteiger partial charge >= 0.3 is 5.97 Å². The SMILES string of the molecule is CC(=O)OC1CCC(OS(C)(=O)=O)CC1. The third kappa shape index (κ3) is 5.13. The fourth-order valence-electron chi connectivity index (χ4n) is 1.73. The maximum absolute atomic E-state index is 10.9. The molecule has 6 heteroatoms. The Bertz CT molecular complexity index is 313. The zero-order valence-electron chi connectivity index (χ0n) is 8.93. The van der Waals surface area contributed by atoms with Crippen LogP contribution in [0, 0.1) is 0 Å². The molecule has 88 valence electrons. The van der Waals surface area contributed by atoms with E-state index in [-0.39, 0.29) is 18.2 Å². The zero-order chi connectivity index (χ0) is 11.5. The molecule has 0 radical (unpaired) electrons. The monoisotopic (exact) mass is 236 g/mol. The molecule has 1 aliphatic rings. The molecule has 0 saturated heterocycles. The van der Waals surface area contributed by atoms with Crippen molar-refractivity contribution >= 4 is 16.1 Å². The summed E-state index contributed by atoms with van der Waals surface area (Å²) in [6.07, 6.45) is 3.27. The minimum absolute atomic E-state index is 0.0816. The molecule has 1 aliphatic carbocycles. The average Bonchev–Trinajstić information content (AvgIpc) is 2.05. The van der Waals surface area contributed by atoms with E-state index < -0.39 is 10.1 Å². The average molecular weight is 236 g/mol. The van der Waals surface area contributed by atoms with Crippen LogP contribution in [0.25, 0.3) is 0 Å². The molecule has 0 heterocycles. The molecule has 0 spiro atoms. The van der Waals surface area contributed by atoms with Crippen LogP contribution in [0.2, 0.25) is 0 Å². The van der Waals surface area contributed by atoms with Crippen molar-refractivity contribution in [3.05, 3.63) is 0 Å². The van der Waals surface area contributed by atoms with Gasteiger partial charge in [0, 0.05) is 6.92 Å². The van der Waals surface area contributed by atoms with Gasteiger partial charge in [0.05, 0.1) is 12.4 Å². The van der Waals surface area contributed by atoms with Gasteiger partial charge in [-0.15, -0.1) is 0 Å². The normalized spacial score (nSPS) is 27.3. The van der Waals surface area contributed by atoms with Gasteiger partial charge in [0.15, 0.2) is 0 Å². The summed E-state index contributed by atoms with van der Waals surface area (Å²) < 4.78 is 31.6. The smallest absolute Gasteiger partial charge is 0.302 e. The molecule has 0 aromatic heterocycles. The minimum Gasteiger partial charge on any atom is -0.463 e. The van der Waals surface area contributed by atoms with Gasteiger partial charge in [-0.25, -0.2) is 0 Å². The molecule has 0 aliphatic heterocycles. The first-order chi connectivity index (χ1) is 6.87. The highest BCUT2D eigenvalue weighted by molar-refractivity contribution is 7.86. The molecule has 5 nitrogen and oxygen atoms in total. The van der Waals surface area contributed by atoms with E-state index in [1.54, 1.807) is 0 Å². The Morgan fingerprint density at radius 3 is 2.00 bits per heavy atom. The lowest BCUT2D eigenvalue weighted by atomic mass is 9.95. The van der Waals surface area contributed by atoms with E-state index in [2.05, 4.69) is 0 Å². The molecular formula is C9H16O5S. The van der Waals surface area contributed by atoms with Crippen LogP contribution in [0.4, 0.5) is 0 Å². The summed E-state index contributed by atoms with van der Waals surface area (Å²) in [5, 5.41) is 0. The molecule has 0 unspecified atom stereocenters. The first kappa shape index (κ1) is 12.4. The highest BCUT2D eigenvalue weighted by atomic mass is 32.2. The van der Waals surface area contributed by atoms with Gasteiger partial charge in [-0.1, -0.05) is 0 Å². The lowest BCUT2D eigenvalue weighted by Gasteiger charge is -2.27. The van der Waals surface area contributed by atoms with E-state index in [0.29, 0.717) is 25.7 Å². The Labute approximate surface area is 89.9 Å². The van der Waals surface area contributed by atoms with Crippen molar-refractivity contribution in [1.82, 2.24) is 0 Å². The first-order valence-corrected chi connectivity index (χ1v) is 6.74. The van der Waals surface area contributed by atoms with Crippen molar-refractivity contribution in [3.8, 4) is 0 Å². The Balaban J connectivity index is 2.33. The Morgan fingerprint density at radius 2 is 1.60 bits per heavy atom. The lowest BCUT2D eigenvalue weighted by Crippen LogP contribution is -2.29. The maximum atomic E-state index is 10.9. The third-order valence-corrected chi connectivity index (χ3v) is 2.89. The van der Waals surface area contributed by atoms with Crippen LogP contribution in [0.1, 0.15) is 32.6 Å². The van der Waals surface area contributed by atoms with Gasteiger partial charge in [0.25, 0.3) is 10.1 Å². The topological polar surface area (TPSA) is 69.7 Å². The van der Waals surface area contributed by atoms with Crippen LogP contribution in [-0.4, -0.2) is 32.9 Å². The summed E-state index contributed by atoms with van der Waals surface area (Å²) in [6.45, 7) is 1.37. The second kappa shape index (κ2) is 4.94. The summed E-state index contributed by atoms with van der Waals surface area (Å²) in [5.74, 6) is -0.289. The largest absolute Gasteiger partial charge is 0.463 e. The molecule has 0 amide bonds. The van der Waals surface area contributed by atoms with E-state index in [4.69, 9.17) is 8.92 Å². The predicted molar refractivity (Wildman–Crippen MR) is 53.7 cm³/mol. The van der Waals surface area contributed by atoms with Crippen LogP contribution in [-0.2, 0) is 23.8 Å². The third-order valence-electron chi connectivity index (χ3n) is 2.26. The van der Waals surface area contributed by atoms with Crippen molar-refractivity contribution in [2.45, 2.75) is 44.8 Å². The van der Waals surface area contributed by atoms with E-state index in [1.807, 2.05) is 0 Å². The van der Waals surface area contributed by atoms with E-state index >= 15 is 0 Å². The van der Waals surface area contributed by atoms with Crippen molar-refractivity contribution < 1.29 is 22.1 Å². The summed E-state index contributed by atoms with van der Waals surface area (Å²) in [6, 6.07) is 0. The zero-order valence-corrected chi connectivity index (χ0v) is 9.75. The fourth-order valence-corrected chi connectivity index (χ4v) is 2.42. The molecule has 0 bridgehead atoms. The van der Waals surface area contributed by atoms with Crippen LogP contribution < -0.4 is 0 Å². The quantitative estimate of drug-likeness (QED) is 0.536. The van der Waals surface area contributed by atoms with Gasteiger partial charge in [-0.3, -0.25) is 8.98 Å². The molecule has 15 heavy (non-hydrogen) atoms. The predicted octanol–water partition coefficient (Wildman–Crippen LogP) is 0.837. The number of hydrogen-bond acceptors (Lipinski definition) is 5. The van der Waals surface area contributed by atoms with Crippen molar-refractivity contribution in [2.75, 3.05) is 6.26 Å². The van der Waals surface area contributed by atoms with Crippen molar-refractivity contribution in [1.29, 1.82) is 0 Å². The van der Waals surface area contributed by atoms with Crippen molar-refractivity contribution in [3.63, 3.8) is 0 Å². The molecule has 0 N–H and O–H groups in total. The van der Waals surface area contributed by atoms with Crippen LogP contribution in [0.3, 0.4) is 0 Å². The second-order valence-electron chi connectivity index (χ2n) is 3.81. The highest BCUT2D eigenvalue weighted by Crippen LogP contribution is 2.24. The number of esters is 1. The molecular weight excluding hydrogens is 220 g/mol. The highest BCUT2D eigenvalue weighted by Gasteiger charge is 2.25. The fraction of sp³-hybridized carbons (Fsp3) is 0.889. The molecule has 0 aromatic rings. The Hall–Kier alpha value is -0.620. The van der Waals surface area contributed by atoms with Gasteiger partial charge < -0.3 is 4.74 Å². The molecule has 1 saturated carbocycles. The number of hydrogen-bond donors (Lipinski definition) is 0. The lowest BCUT2D eigenvalue weighted by molar-refractivity contribution is -0.148. The van der Waals surface area contributed by atoms with Gasteiger partial charge in [-0.2, -0.15) is 8.42 Å². The first-order valence-electron chi connectivity index (χ1n) is 4.92. The number of carbonyl (C=O) groups is 1. The molecule has 0 aromatic carbocycles. The summed E-state index contributed by atoms with van der Waals surface area (Å²) in [7, 11) is -3.37. The van der Waals surface area contributed by atoms with Gasteiger partial charge in [-0.05, 0) is 25.7 Å². The minimum atomic E-state index is -3.37. The van der Waals surface area contributed by atoms with Gasteiger partial charge in [0.1, 0.15) is 6.10 Å². The summed E-state index contributed by atoms with van der Waals surface area (Å²) in [5.41, 5.74) is 0. The Morgan fingerprint density at radius 1 is 1.13 bits per heavy atom. The van der Waals surface area contributed by atoms with Crippen molar-refractivity contribution in [2.24, 2.45) is 0 Å². The Kier molecular flexibility index (Phi) is 4.10. The van der Waals surface area contributed by atoms with Crippen LogP contribution in [0.15, 0.2) is 0 Å². The maximum Gasteiger partial charge on any atom is 0.302 e. The standard InChI is InChI=1S/C9H16O5S/c1-7(10)13-8-3-5-9(6-4-8)14-15(2,11)12/h8-9H,3-6H2,1-2H3.